The lowest BCUT2D eigenvalue weighted by molar-refractivity contribution is -0.302. The summed E-state index contributed by atoms with van der Waals surface area (Å²) >= 11 is 0. The fraction of sp³-hybridized carbons (Fsp3) is 0.803. The molecule has 6 N–H and O–H groups in total. The van der Waals surface area contributed by atoms with Gasteiger partial charge in [-0.2, -0.15) is 0 Å². The van der Waals surface area contributed by atoms with Gasteiger partial charge in [0.1, 0.15) is 24.4 Å². The van der Waals surface area contributed by atoms with Crippen LogP contribution in [0.2, 0.25) is 0 Å². The highest BCUT2D eigenvalue weighted by molar-refractivity contribution is 5.76. The predicted octanol–water partition coefficient (Wildman–Crippen LogP) is 20.1. The van der Waals surface area contributed by atoms with E-state index < -0.39 is 49.5 Å². The van der Waals surface area contributed by atoms with Crippen molar-refractivity contribution in [3.63, 3.8) is 0 Å². The monoisotopic (exact) mass is 1190 g/mol. The minimum absolute atomic E-state index is 0.146. The normalized spacial score (nSPS) is 18.6. The highest BCUT2D eigenvalue weighted by atomic mass is 16.7. The molecule has 9 nitrogen and oxygen atoms in total. The molecular formula is C76H137NO8. The number of aliphatic hydroxyl groups excluding tert-OH is 5. The molecule has 1 saturated heterocycles. The molecule has 0 bridgehead atoms. The Hall–Kier alpha value is -2.63. The average molecular weight is 1190 g/mol. The molecule has 7 atom stereocenters. The van der Waals surface area contributed by atoms with Crippen LogP contribution >= 0.6 is 0 Å². The molecule has 1 aliphatic heterocycles. The van der Waals surface area contributed by atoms with Crippen LogP contribution in [0.25, 0.3) is 0 Å². The molecule has 1 fully saturated rings. The molecule has 0 aliphatic carbocycles. The second-order valence-electron chi connectivity index (χ2n) is 25.0. The van der Waals surface area contributed by atoms with E-state index in [9.17, 15) is 30.3 Å². The molecular weight excluding hydrogens is 1050 g/mol. The third-order valence-corrected chi connectivity index (χ3v) is 17.0. The third-order valence-electron chi connectivity index (χ3n) is 17.0. The first kappa shape index (κ1) is 80.4. The summed E-state index contributed by atoms with van der Waals surface area (Å²) < 4.78 is 11.4. The Morgan fingerprint density at radius 1 is 0.412 bits per heavy atom. The lowest BCUT2D eigenvalue weighted by Crippen LogP contribution is -2.60. The highest BCUT2D eigenvalue weighted by Crippen LogP contribution is 2.24. The van der Waals surface area contributed by atoms with Crippen molar-refractivity contribution in [1.29, 1.82) is 0 Å². The van der Waals surface area contributed by atoms with Gasteiger partial charge in [-0.05, 0) is 70.6 Å². The Bertz CT molecular complexity index is 1620. The van der Waals surface area contributed by atoms with Gasteiger partial charge in [0.2, 0.25) is 5.91 Å². The van der Waals surface area contributed by atoms with Crippen molar-refractivity contribution < 1.29 is 39.8 Å². The summed E-state index contributed by atoms with van der Waals surface area (Å²) in [7, 11) is 0. The van der Waals surface area contributed by atoms with Gasteiger partial charge in [-0.25, -0.2) is 0 Å². The summed E-state index contributed by atoms with van der Waals surface area (Å²) in [6.45, 7) is 3.75. The van der Waals surface area contributed by atoms with Crippen LogP contribution in [-0.4, -0.2) is 87.5 Å². The quantitative estimate of drug-likeness (QED) is 0.0261. The van der Waals surface area contributed by atoms with Gasteiger partial charge in [0.25, 0.3) is 0 Å². The number of hydrogen-bond acceptors (Lipinski definition) is 8. The Morgan fingerprint density at radius 3 is 1.08 bits per heavy atom. The van der Waals surface area contributed by atoms with E-state index in [-0.39, 0.29) is 12.5 Å². The second-order valence-corrected chi connectivity index (χ2v) is 25.0. The Kier molecular flexibility index (Phi) is 60.9. The van der Waals surface area contributed by atoms with Crippen molar-refractivity contribution in [1.82, 2.24) is 5.32 Å². The standard InChI is InChI=1S/C76H137NO8/c1-3-5-7-9-11-13-15-17-19-21-23-25-27-29-31-33-34-35-36-38-39-41-43-45-47-49-51-53-55-57-59-61-63-65-70(79)69(68-84-76-75(83)74(82)73(81)71(67-78)85-76)77-72(80)66-64-62-60-58-56-54-52-50-48-46-44-42-40-37-32-30-28-26-24-22-20-18-16-14-12-10-8-6-4-2/h6,8,12,14,18,20,24,26,30,32,40,42,46,48,69-71,73-76,78-79,81-83H,3-5,7,9-11,13,15-17,19,21-23,25,27-29,31,33-39,41,43-45,47,49-68H2,1-2H3,(H,77,80)/b8-6-,14-12-,20-18-,26-24-,32-30-,42-40-,48-46-. The maximum Gasteiger partial charge on any atom is 0.220 e. The molecule has 9 heteroatoms. The van der Waals surface area contributed by atoms with Crippen LogP contribution in [0.15, 0.2) is 85.1 Å². The molecule has 0 aromatic heterocycles. The van der Waals surface area contributed by atoms with E-state index in [1.54, 1.807) is 0 Å². The summed E-state index contributed by atoms with van der Waals surface area (Å²) in [6, 6.07) is -0.733. The molecule has 1 amide bonds. The molecule has 7 unspecified atom stereocenters. The Balaban J connectivity index is 2.12. The maximum atomic E-state index is 13.2. The number of allylic oxidation sites excluding steroid dienone is 14. The lowest BCUT2D eigenvalue weighted by Gasteiger charge is -2.40. The number of amides is 1. The number of unbranched alkanes of at least 4 members (excludes halogenated alkanes) is 39. The number of nitrogens with one attached hydrogen (secondary N) is 1. The van der Waals surface area contributed by atoms with Crippen LogP contribution in [0.5, 0.6) is 0 Å². The maximum absolute atomic E-state index is 13.2. The average Bonchev–Trinajstić information content (AvgIpc) is 3.56. The highest BCUT2D eigenvalue weighted by Gasteiger charge is 2.44. The topological polar surface area (TPSA) is 149 Å². The van der Waals surface area contributed by atoms with E-state index in [0.29, 0.717) is 12.8 Å². The summed E-state index contributed by atoms with van der Waals surface area (Å²) in [5.74, 6) is -0.154. The summed E-state index contributed by atoms with van der Waals surface area (Å²) in [5, 5.41) is 55.0. The van der Waals surface area contributed by atoms with Crippen molar-refractivity contribution >= 4 is 5.91 Å². The molecule has 85 heavy (non-hydrogen) atoms. The first-order chi connectivity index (χ1) is 41.8. The van der Waals surface area contributed by atoms with E-state index >= 15 is 0 Å². The van der Waals surface area contributed by atoms with Crippen LogP contribution < -0.4 is 5.32 Å². The van der Waals surface area contributed by atoms with E-state index in [4.69, 9.17) is 9.47 Å². The van der Waals surface area contributed by atoms with E-state index in [2.05, 4.69) is 104 Å². The molecule has 1 rings (SSSR count). The van der Waals surface area contributed by atoms with Gasteiger partial charge in [0, 0.05) is 6.42 Å². The number of carbonyl (C=O) groups excluding carboxylic acids is 1. The fourth-order valence-electron chi connectivity index (χ4n) is 11.4. The summed E-state index contributed by atoms with van der Waals surface area (Å²) in [4.78, 5) is 13.2. The fourth-order valence-corrected chi connectivity index (χ4v) is 11.4. The van der Waals surface area contributed by atoms with Gasteiger partial charge in [-0.1, -0.05) is 343 Å². The zero-order valence-electron chi connectivity index (χ0n) is 55.4. The zero-order valence-corrected chi connectivity index (χ0v) is 55.4. The van der Waals surface area contributed by atoms with Gasteiger partial charge < -0.3 is 40.3 Å². The van der Waals surface area contributed by atoms with Crippen LogP contribution in [0.3, 0.4) is 0 Å². The first-order valence-electron chi connectivity index (χ1n) is 36.3. The minimum atomic E-state index is -1.56. The van der Waals surface area contributed by atoms with Crippen LogP contribution in [0, 0.1) is 0 Å². The van der Waals surface area contributed by atoms with E-state index in [1.807, 2.05) is 0 Å². The SMILES string of the molecule is CC/C=C\C/C=C\C/C=C\C/C=C\C/C=C\C/C=C\C/C=C\CCCCCCCCCC(=O)NC(COC1OC(CO)C(O)C(O)C1O)C(O)CCCCCCCCCCCCCCCCCCCCCCCCCCCCCCCCCCC. The molecule has 0 spiro atoms. The van der Waals surface area contributed by atoms with E-state index in [0.717, 1.165) is 96.3 Å². The zero-order chi connectivity index (χ0) is 61.4. The molecule has 1 aliphatic rings. The van der Waals surface area contributed by atoms with Crippen LogP contribution in [0.1, 0.15) is 335 Å². The molecule has 494 valence electrons. The number of ether oxygens (including phenoxy) is 2. The molecule has 0 radical (unpaired) electrons. The van der Waals surface area contributed by atoms with Gasteiger partial charge in [-0.15, -0.1) is 0 Å². The van der Waals surface area contributed by atoms with Crippen molar-refractivity contribution in [2.45, 2.75) is 378 Å². The minimum Gasteiger partial charge on any atom is -0.394 e. The summed E-state index contributed by atoms with van der Waals surface area (Å²) in [6.07, 6.45) is 85.1. The predicted molar refractivity (Wildman–Crippen MR) is 364 cm³/mol. The van der Waals surface area contributed by atoms with Crippen molar-refractivity contribution in [3.8, 4) is 0 Å². The third kappa shape index (κ3) is 53.0. The van der Waals surface area contributed by atoms with Crippen molar-refractivity contribution in [2.75, 3.05) is 13.2 Å². The van der Waals surface area contributed by atoms with E-state index in [1.165, 1.54) is 212 Å². The van der Waals surface area contributed by atoms with Gasteiger partial charge in [0.15, 0.2) is 6.29 Å². The van der Waals surface area contributed by atoms with Crippen LogP contribution in [0.4, 0.5) is 0 Å². The Labute approximate surface area is 524 Å². The number of rotatable bonds is 63. The smallest absolute Gasteiger partial charge is 0.220 e. The van der Waals surface area contributed by atoms with Crippen molar-refractivity contribution in [3.05, 3.63) is 85.1 Å². The summed E-state index contributed by atoms with van der Waals surface area (Å²) in [5.41, 5.74) is 0. The first-order valence-corrected chi connectivity index (χ1v) is 36.3. The van der Waals surface area contributed by atoms with Gasteiger partial charge >= 0.3 is 0 Å². The van der Waals surface area contributed by atoms with Gasteiger partial charge in [0.05, 0.1) is 25.4 Å². The number of aliphatic hydroxyl groups is 5. The lowest BCUT2D eigenvalue weighted by atomic mass is 9.99. The molecule has 0 aromatic carbocycles. The second kappa shape index (κ2) is 64.4. The van der Waals surface area contributed by atoms with Crippen molar-refractivity contribution in [2.24, 2.45) is 0 Å². The number of hydrogen-bond donors (Lipinski definition) is 6. The largest absolute Gasteiger partial charge is 0.394 e. The molecule has 1 heterocycles. The van der Waals surface area contributed by atoms with Crippen LogP contribution in [-0.2, 0) is 14.3 Å². The molecule has 0 aromatic rings. The number of carbonyl (C=O) groups is 1. The Morgan fingerprint density at radius 2 is 0.729 bits per heavy atom. The molecule has 0 saturated carbocycles. The van der Waals surface area contributed by atoms with Gasteiger partial charge in [-0.3, -0.25) is 4.79 Å².